The molecule has 1 heterocycles. The topological polar surface area (TPSA) is 88.2 Å². The van der Waals surface area contributed by atoms with E-state index in [1.807, 2.05) is 0 Å². The van der Waals surface area contributed by atoms with Crippen LogP contribution in [0.1, 0.15) is 23.5 Å². The largest absolute Gasteiger partial charge is 0.468 e. The number of carbonyl (C=O) groups excluding carboxylic acids is 2. The summed E-state index contributed by atoms with van der Waals surface area (Å²) in [4.78, 5) is 24.4. The highest BCUT2D eigenvalue weighted by atomic mass is 19.3. The lowest BCUT2D eigenvalue weighted by Gasteiger charge is -2.18. The number of hydrogen-bond donors (Lipinski definition) is 0. The van der Waals surface area contributed by atoms with Crippen molar-refractivity contribution in [2.45, 2.75) is 26.8 Å². The summed E-state index contributed by atoms with van der Waals surface area (Å²) in [5, 5.41) is 12.4. The van der Waals surface area contributed by atoms with E-state index in [1.54, 1.807) is 6.07 Å². The van der Waals surface area contributed by atoms with Crippen molar-refractivity contribution in [3.63, 3.8) is 0 Å². The lowest BCUT2D eigenvalue weighted by molar-refractivity contribution is -0.146. The van der Waals surface area contributed by atoms with Crippen LogP contribution in [0.3, 0.4) is 0 Å². The van der Waals surface area contributed by atoms with Crippen molar-refractivity contribution in [2.24, 2.45) is 0 Å². The van der Waals surface area contributed by atoms with E-state index >= 15 is 0 Å². The van der Waals surface area contributed by atoms with Crippen LogP contribution < -0.4 is 0 Å². The van der Waals surface area contributed by atoms with Crippen LogP contribution in [-0.2, 0) is 20.7 Å². The van der Waals surface area contributed by atoms with Gasteiger partial charge in [-0.05, 0) is 13.8 Å². The predicted molar refractivity (Wildman–Crippen MR) is 70.9 cm³/mol. The molecule has 0 radical (unpaired) electrons. The number of methoxy groups -OCH3 is 1. The van der Waals surface area contributed by atoms with Gasteiger partial charge in [-0.15, -0.1) is 0 Å². The quantitative estimate of drug-likeness (QED) is 0.576. The highest BCUT2D eigenvalue weighted by Crippen LogP contribution is 2.20. The lowest BCUT2D eigenvalue weighted by Crippen LogP contribution is -2.37. The Labute approximate surface area is 126 Å². The van der Waals surface area contributed by atoms with E-state index in [4.69, 9.17) is 5.26 Å². The molecular weight excluding hydrogens is 298 g/mol. The second-order valence-corrected chi connectivity index (χ2v) is 4.53. The molecular formula is C13H16F2N4O3. The smallest absolute Gasteiger partial charge is 0.333 e. The SMILES string of the molecule is COC(=O)CN(CC#N)C(=O)Cc1c(C)nn(C(F)F)c1C. The highest BCUT2D eigenvalue weighted by molar-refractivity contribution is 5.84. The minimum atomic E-state index is -2.80. The molecule has 0 spiro atoms. The van der Waals surface area contributed by atoms with Crippen molar-refractivity contribution < 1.29 is 23.1 Å². The van der Waals surface area contributed by atoms with Crippen molar-refractivity contribution in [1.82, 2.24) is 14.7 Å². The first-order valence-electron chi connectivity index (χ1n) is 6.36. The third-order valence-electron chi connectivity index (χ3n) is 3.15. The van der Waals surface area contributed by atoms with Crippen molar-refractivity contribution in [3.8, 4) is 6.07 Å². The molecule has 0 aliphatic rings. The molecule has 0 aliphatic heterocycles. The maximum Gasteiger partial charge on any atom is 0.333 e. The average Bonchev–Trinajstić information content (AvgIpc) is 2.74. The fourth-order valence-electron chi connectivity index (χ4n) is 1.94. The number of nitrogens with zero attached hydrogens (tertiary/aromatic N) is 4. The standard InChI is InChI=1S/C13H16F2N4O3/c1-8-10(9(2)19(17-8)13(14)15)6-11(20)18(5-4-16)7-12(21)22-3/h13H,5-7H2,1-3H3. The van der Waals surface area contributed by atoms with Crippen LogP contribution in [0.4, 0.5) is 8.78 Å². The number of rotatable bonds is 6. The van der Waals surface area contributed by atoms with Gasteiger partial charge in [0.05, 0.1) is 25.3 Å². The Morgan fingerprint density at radius 1 is 1.45 bits per heavy atom. The van der Waals surface area contributed by atoms with E-state index in [9.17, 15) is 18.4 Å². The molecule has 7 nitrogen and oxygen atoms in total. The first-order valence-corrected chi connectivity index (χ1v) is 6.36. The van der Waals surface area contributed by atoms with Crippen LogP contribution >= 0.6 is 0 Å². The van der Waals surface area contributed by atoms with Crippen LogP contribution in [0.25, 0.3) is 0 Å². The normalized spacial score (nSPS) is 10.4. The Bertz CT molecular complexity index is 607. The van der Waals surface area contributed by atoms with Gasteiger partial charge in [-0.3, -0.25) is 9.59 Å². The summed E-state index contributed by atoms with van der Waals surface area (Å²) in [5.41, 5.74) is 0.843. The summed E-state index contributed by atoms with van der Waals surface area (Å²) in [6.45, 7) is -0.514. The maximum atomic E-state index is 12.8. The Balaban J connectivity index is 2.95. The van der Waals surface area contributed by atoms with Crippen LogP contribution in [0.2, 0.25) is 0 Å². The van der Waals surface area contributed by atoms with E-state index in [0.29, 0.717) is 15.9 Å². The maximum absolute atomic E-state index is 12.8. The number of esters is 1. The van der Waals surface area contributed by atoms with Crippen molar-refractivity contribution in [2.75, 3.05) is 20.2 Å². The number of carbonyl (C=O) groups is 2. The zero-order valence-corrected chi connectivity index (χ0v) is 12.5. The van der Waals surface area contributed by atoms with E-state index < -0.39 is 18.4 Å². The molecule has 0 aliphatic carbocycles. The summed E-state index contributed by atoms with van der Waals surface area (Å²) in [6, 6.07) is 1.77. The number of alkyl halides is 2. The lowest BCUT2D eigenvalue weighted by atomic mass is 10.1. The molecule has 0 saturated carbocycles. The number of ether oxygens (including phenoxy) is 1. The molecule has 22 heavy (non-hydrogen) atoms. The fraction of sp³-hybridized carbons (Fsp3) is 0.538. The minimum absolute atomic E-state index is 0.177. The van der Waals surface area contributed by atoms with E-state index in [2.05, 4.69) is 9.84 Å². The monoisotopic (exact) mass is 314 g/mol. The number of nitriles is 1. The summed E-state index contributed by atoms with van der Waals surface area (Å²) in [7, 11) is 1.17. The van der Waals surface area contributed by atoms with Gasteiger partial charge in [0, 0.05) is 11.3 Å². The predicted octanol–water partition coefficient (Wildman–Crippen LogP) is 0.963. The molecule has 0 aromatic carbocycles. The number of hydrogen-bond acceptors (Lipinski definition) is 5. The van der Waals surface area contributed by atoms with E-state index in [-0.39, 0.29) is 25.2 Å². The third-order valence-corrected chi connectivity index (χ3v) is 3.15. The second-order valence-electron chi connectivity index (χ2n) is 4.53. The van der Waals surface area contributed by atoms with Gasteiger partial charge >= 0.3 is 12.5 Å². The zero-order chi connectivity index (χ0) is 16.9. The molecule has 1 aromatic rings. The van der Waals surface area contributed by atoms with E-state index in [1.165, 1.54) is 21.0 Å². The van der Waals surface area contributed by atoms with Gasteiger partial charge < -0.3 is 9.64 Å². The van der Waals surface area contributed by atoms with Gasteiger partial charge in [0.15, 0.2) is 0 Å². The molecule has 0 fully saturated rings. The minimum Gasteiger partial charge on any atom is -0.468 e. The number of amides is 1. The Morgan fingerprint density at radius 2 is 2.09 bits per heavy atom. The summed E-state index contributed by atoms with van der Waals surface area (Å²) in [6.07, 6.45) is -0.219. The number of halogens is 2. The molecule has 0 unspecified atom stereocenters. The molecule has 1 aromatic heterocycles. The Kier molecular flexibility index (Phi) is 5.98. The number of aromatic nitrogens is 2. The van der Waals surface area contributed by atoms with E-state index in [0.717, 1.165) is 4.90 Å². The summed E-state index contributed by atoms with van der Waals surface area (Å²) >= 11 is 0. The molecule has 0 atom stereocenters. The van der Waals surface area contributed by atoms with Gasteiger partial charge in [0.1, 0.15) is 13.1 Å². The highest BCUT2D eigenvalue weighted by Gasteiger charge is 2.23. The van der Waals surface area contributed by atoms with Crippen LogP contribution in [0.5, 0.6) is 0 Å². The fourth-order valence-corrected chi connectivity index (χ4v) is 1.94. The second kappa shape index (κ2) is 7.49. The summed E-state index contributed by atoms with van der Waals surface area (Å²) < 4.78 is 30.5. The molecule has 9 heteroatoms. The molecule has 0 bridgehead atoms. The van der Waals surface area contributed by atoms with Gasteiger partial charge in [0.2, 0.25) is 5.91 Å². The molecule has 0 N–H and O–H groups in total. The number of aryl methyl sites for hydroxylation is 1. The first-order chi connectivity index (χ1) is 10.3. The van der Waals surface area contributed by atoms with Crippen LogP contribution in [0, 0.1) is 25.2 Å². The Hall–Kier alpha value is -2.50. The third kappa shape index (κ3) is 4.00. The van der Waals surface area contributed by atoms with Crippen LogP contribution in [0.15, 0.2) is 0 Å². The molecule has 0 saturated heterocycles. The van der Waals surface area contributed by atoms with Gasteiger partial charge in [-0.25, -0.2) is 4.68 Å². The average molecular weight is 314 g/mol. The Morgan fingerprint density at radius 3 is 2.55 bits per heavy atom. The van der Waals surface area contributed by atoms with Gasteiger partial charge in [0.25, 0.3) is 0 Å². The van der Waals surface area contributed by atoms with Crippen molar-refractivity contribution >= 4 is 11.9 Å². The van der Waals surface area contributed by atoms with Crippen molar-refractivity contribution in [1.29, 1.82) is 5.26 Å². The van der Waals surface area contributed by atoms with Gasteiger partial charge in [-0.2, -0.15) is 19.1 Å². The zero-order valence-electron chi connectivity index (χ0n) is 12.5. The molecule has 1 amide bonds. The molecule has 1 rings (SSSR count). The molecule has 120 valence electrons. The van der Waals surface area contributed by atoms with Crippen molar-refractivity contribution in [3.05, 3.63) is 17.0 Å². The first kappa shape index (κ1) is 17.6. The van der Waals surface area contributed by atoms with Gasteiger partial charge in [-0.1, -0.05) is 0 Å². The van der Waals surface area contributed by atoms with Crippen LogP contribution in [-0.4, -0.2) is 46.8 Å². The summed E-state index contributed by atoms with van der Waals surface area (Å²) in [5.74, 6) is -1.20.